The standard InChI is InChI=1S/C17H17FN4O4/c1-10-9-14(20-26-10)19-15(23)7-8-21-16(24)11(2)22(17(21)25)13-5-3-12(18)4-6-13/h3-6,9,11H,7-8H2,1-2H3,(H,19,20,23). The molecule has 136 valence electrons. The molecule has 2 aromatic rings. The highest BCUT2D eigenvalue weighted by Gasteiger charge is 2.43. The predicted molar refractivity (Wildman–Crippen MR) is 89.9 cm³/mol. The predicted octanol–water partition coefficient (Wildman–Crippen LogP) is 2.31. The van der Waals surface area contributed by atoms with Crippen LogP contribution in [0.5, 0.6) is 0 Å². The van der Waals surface area contributed by atoms with Gasteiger partial charge in [-0.2, -0.15) is 0 Å². The minimum atomic E-state index is -0.728. The third-order valence-corrected chi connectivity index (χ3v) is 4.01. The molecule has 1 aromatic carbocycles. The van der Waals surface area contributed by atoms with E-state index >= 15 is 0 Å². The quantitative estimate of drug-likeness (QED) is 0.826. The third-order valence-electron chi connectivity index (χ3n) is 4.01. The number of anilines is 2. The Balaban J connectivity index is 1.64. The Labute approximate surface area is 148 Å². The first-order chi connectivity index (χ1) is 12.4. The van der Waals surface area contributed by atoms with Crippen molar-refractivity contribution in [3.8, 4) is 0 Å². The van der Waals surface area contributed by atoms with Crippen LogP contribution in [0.3, 0.4) is 0 Å². The number of nitrogens with zero attached hydrogens (tertiary/aromatic N) is 3. The van der Waals surface area contributed by atoms with Crippen LogP contribution in [0.25, 0.3) is 0 Å². The molecule has 0 bridgehead atoms. The zero-order chi connectivity index (χ0) is 18.8. The lowest BCUT2D eigenvalue weighted by atomic mass is 10.2. The highest BCUT2D eigenvalue weighted by atomic mass is 19.1. The number of aromatic nitrogens is 1. The summed E-state index contributed by atoms with van der Waals surface area (Å²) in [6.45, 7) is 3.21. The molecule has 0 spiro atoms. The Hall–Kier alpha value is -3.23. The van der Waals surface area contributed by atoms with E-state index in [-0.39, 0.29) is 18.8 Å². The van der Waals surface area contributed by atoms with Gasteiger partial charge in [0.2, 0.25) is 5.91 Å². The van der Waals surface area contributed by atoms with E-state index in [1.807, 2.05) is 0 Å². The lowest BCUT2D eigenvalue weighted by Gasteiger charge is -2.19. The number of carbonyl (C=O) groups is 3. The number of hydrogen-bond donors (Lipinski definition) is 1. The van der Waals surface area contributed by atoms with Crippen molar-refractivity contribution in [3.05, 3.63) is 41.9 Å². The van der Waals surface area contributed by atoms with Gasteiger partial charge >= 0.3 is 6.03 Å². The molecule has 3 rings (SSSR count). The molecule has 4 amide bonds. The summed E-state index contributed by atoms with van der Waals surface area (Å²) in [6, 6.07) is 5.59. The van der Waals surface area contributed by atoms with Gasteiger partial charge < -0.3 is 9.84 Å². The molecule has 1 N–H and O–H groups in total. The minimum Gasteiger partial charge on any atom is -0.360 e. The fourth-order valence-corrected chi connectivity index (χ4v) is 2.71. The monoisotopic (exact) mass is 360 g/mol. The summed E-state index contributed by atoms with van der Waals surface area (Å²) in [7, 11) is 0. The van der Waals surface area contributed by atoms with Crippen molar-refractivity contribution < 1.29 is 23.3 Å². The maximum absolute atomic E-state index is 13.1. The van der Waals surface area contributed by atoms with Gasteiger partial charge in [0.05, 0.1) is 0 Å². The van der Waals surface area contributed by atoms with Crippen molar-refractivity contribution in [2.45, 2.75) is 26.3 Å². The molecule has 1 unspecified atom stereocenters. The molecule has 1 fully saturated rings. The topological polar surface area (TPSA) is 95.8 Å². The van der Waals surface area contributed by atoms with Gasteiger partial charge in [-0.15, -0.1) is 0 Å². The van der Waals surface area contributed by atoms with Crippen molar-refractivity contribution in [3.63, 3.8) is 0 Å². The zero-order valence-electron chi connectivity index (χ0n) is 14.2. The van der Waals surface area contributed by atoms with Crippen LogP contribution in [-0.2, 0) is 9.59 Å². The first-order valence-electron chi connectivity index (χ1n) is 8.00. The van der Waals surface area contributed by atoms with Crippen molar-refractivity contribution in [2.75, 3.05) is 16.8 Å². The van der Waals surface area contributed by atoms with Crippen LogP contribution in [0.4, 0.5) is 20.7 Å². The summed E-state index contributed by atoms with van der Waals surface area (Å²) in [5, 5.41) is 6.17. The second-order valence-electron chi connectivity index (χ2n) is 5.92. The lowest BCUT2D eigenvalue weighted by molar-refractivity contribution is -0.127. The van der Waals surface area contributed by atoms with Crippen LogP contribution in [-0.4, -0.2) is 40.5 Å². The second kappa shape index (κ2) is 6.95. The van der Waals surface area contributed by atoms with Crippen LogP contribution >= 0.6 is 0 Å². The molecule has 0 saturated carbocycles. The van der Waals surface area contributed by atoms with Gasteiger partial charge in [-0.3, -0.25) is 19.4 Å². The largest absolute Gasteiger partial charge is 0.360 e. The van der Waals surface area contributed by atoms with E-state index in [1.54, 1.807) is 19.9 Å². The van der Waals surface area contributed by atoms with Crippen LogP contribution in [0.2, 0.25) is 0 Å². The van der Waals surface area contributed by atoms with Gasteiger partial charge in [0.1, 0.15) is 17.6 Å². The third kappa shape index (κ3) is 3.41. The molecule has 1 atom stereocenters. The summed E-state index contributed by atoms with van der Waals surface area (Å²) in [4.78, 5) is 39.2. The summed E-state index contributed by atoms with van der Waals surface area (Å²) in [5.41, 5.74) is 0.419. The minimum absolute atomic E-state index is 0.0671. The number of urea groups is 1. The van der Waals surface area contributed by atoms with E-state index < -0.39 is 29.7 Å². The van der Waals surface area contributed by atoms with Gasteiger partial charge in [-0.05, 0) is 38.1 Å². The van der Waals surface area contributed by atoms with Crippen LogP contribution < -0.4 is 10.2 Å². The summed E-state index contributed by atoms with van der Waals surface area (Å²) >= 11 is 0. The number of halogens is 1. The Bertz CT molecular complexity index is 849. The smallest absolute Gasteiger partial charge is 0.331 e. The number of carbonyl (C=O) groups excluding carboxylic acids is 3. The first kappa shape index (κ1) is 17.6. The number of aryl methyl sites for hydroxylation is 1. The first-order valence-corrected chi connectivity index (χ1v) is 8.00. The van der Waals surface area contributed by atoms with Gasteiger partial charge in [0.25, 0.3) is 5.91 Å². The highest BCUT2D eigenvalue weighted by molar-refractivity contribution is 6.14. The molecule has 1 saturated heterocycles. The Morgan fingerprint density at radius 3 is 2.62 bits per heavy atom. The molecule has 0 aliphatic carbocycles. The molecule has 2 heterocycles. The molecule has 26 heavy (non-hydrogen) atoms. The Morgan fingerprint density at radius 2 is 2.00 bits per heavy atom. The van der Waals surface area contributed by atoms with Gasteiger partial charge in [0, 0.05) is 24.7 Å². The van der Waals surface area contributed by atoms with Crippen molar-refractivity contribution in [2.24, 2.45) is 0 Å². The summed E-state index contributed by atoms with van der Waals surface area (Å²) < 4.78 is 17.9. The molecular formula is C17H17FN4O4. The number of amides is 4. The van der Waals surface area contributed by atoms with E-state index in [0.717, 1.165) is 4.90 Å². The van der Waals surface area contributed by atoms with Crippen LogP contribution in [0.1, 0.15) is 19.1 Å². The Morgan fingerprint density at radius 1 is 1.31 bits per heavy atom. The SMILES string of the molecule is Cc1cc(NC(=O)CCN2C(=O)C(C)N(c3ccc(F)cc3)C2=O)no1. The normalized spacial score (nSPS) is 17.1. The number of benzene rings is 1. The molecule has 1 aliphatic rings. The average Bonchev–Trinajstić information content (AvgIpc) is 3.09. The van der Waals surface area contributed by atoms with Gasteiger partial charge in [0.15, 0.2) is 5.82 Å². The molecule has 8 nitrogen and oxygen atoms in total. The van der Waals surface area contributed by atoms with Gasteiger partial charge in [-0.25, -0.2) is 9.18 Å². The Kier molecular flexibility index (Phi) is 4.70. The molecule has 0 radical (unpaired) electrons. The van der Waals surface area contributed by atoms with Crippen molar-refractivity contribution in [1.29, 1.82) is 0 Å². The lowest BCUT2D eigenvalue weighted by Crippen LogP contribution is -2.35. The van der Waals surface area contributed by atoms with E-state index in [0.29, 0.717) is 11.4 Å². The fraction of sp³-hybridized carbons (Fsp3) is 0.294. The zero-order valence-corrected chi connectivity index (χ0v) is 14.2. The summed E-state index contributed by atoms with van der Waals surface area (Å²) in [6.07, 6.45) is -0.0760. The van der Waals surface area contributed by atoms with E-state index in [4.69, 9.17) is 4.52 Å². The molecular weight excluding hydrogens is 343 g/mol. The van der Waals surface area contributed by atoms with Crippen LogP contribution in [0.15, 0.2) is 34.9 Å². The van der Waals surface area contributed by atoms with Gasteiger partial charge in [-0.1, -0.05) is 5.16 Å². The van der Waals surface area contributed by atoms with Crippen molar-refractivity contribution in [1.82, 2.24) is 10.1 Å². The van der Waals surface area contributed by atoms with Crippen molar-refractivity contribution >= 4 is 29.4 Å². The molecule has 9 heteroatoms. The van der Waals surface area contributed by atoms with Crippen LogP contribution in [0, 0.1) is 12.7 Å². The van der Waals surface area contributed by atoms with E-state index in [9.17, 15) is 18.8 Å². The average molecular weight is 360 g/mol. The highest BCUT2D eigenvalue weighted by Crippen LogP contribution is 2.26. The molecule has 1 aliphatic heterocycles. The summed E-state index contributed by atoms with van der Waals surface area (Å²) in [5.74, 6) is -0.422. The number of nitrogens with one attached hydrogen (secondary N) is 1. The second-order valence-corrected chi connectivity index (χ2v) is 5.92. The number of imide groups is 1. The maximum atomic E-state index is 13.1. The number of rotatable bonds is 5. The maximum Gasteiger partial charge on any atom is 0.331 e. The molecule has 1 aromatic heterocycles. The van der Waals surface area contributed by atoms with E-state index in [1.165, 1.54) is 29.2 Å². The van der Waals surface area contributed by atoms with E-state index in [2.05, 4.69) is 10.5 Å². The fourth-order valence-electron chi connectivity index (χ4n) is 2.71. The number of hydrogen-bond acceptors (Lipinski definition) is 5.